The number of anilines is 1. The summed E-state index contributed by atoms with van der Waals surface area (Å²) in [5.41, 5.74) is 2.80. The maximum absolute atomic E-state index is 13.6. The minimum Gasteiger partial charge on any atom is -0.496 e. The summed E-state index contributed by atoms with van der Waals surface area (Å²) in [6.45, 7) is 0.910. The van der Waals surface area contributed by atoms with Gasteiger partial charge in [-0.15, -0.1) is 0 Å². The van der Waals surface area contributed by atoms with E-state index in [1.807, 2.05) is 36.4 Å². The summed E-state index contributed by atoms with van der Waals surface area (Å²) in [6.07, 6.45) is 2.94. The summed E-state index contributed by atoms with van der Waals surface area (Å²) in [4.78, 5) is 16.1. The topological polar surface area (TPSA) is 71.0 Å². The van der Waals surface area contributed by atoms with Crippen LogP contribution in [0.5, 0.6) is 5.75 Å². The van der Waals surface area contributed by atoms with E-state index in [1.54, 1.807) is 7.11 Å². The van der Waals surface area contributed by atoms with Crippen molar-refractivity contribution in [3.8, 4) is 17.6 Å². The molecule has 5 atom stereocenters. The van der Waals surface area contributed by atoms with Crippen LogP contribution < -0.4 is 10.1 Å². The average Bonchev–Trinajstić information content (AvgIpc) is 3.58. The minimum absolute atomic E-state index is 0.0184. The van der Waals surface area contributed by atoms with Crippen molar-refractivity contribution in [3.05, 3.63) is 58.1 Å². The van der Waals surface area contributed by atoms with E-state index >= 15 is 0 Å². The molecular weight excluding hydrogens is 464 g/mol. The summed E-state index contributed by atoms with van der Waals surface area (Å²) in [6, 6.07) is 11.7. The van der Waals surface area contributed by atoms with Crippen LogP contribution in [0.15, 0.2) is 36.4 Å². The van der Waals surface area contributed by atoms with Crippen molar-refractivity contribution >= 4 is 23.2 Å². The molecule has 6 rings (SSSR count). The Labute approximate surface area is 210 Å². The molecule has 0 radical (unpaired) electrons. The van der Waals surface area contributed by atoms with Gasteiger partial charge < -0.3 is 19.9 Å². The molecule has 2 heterocycles. The number of ether oxygens (including phenoxy) is 2. The number of hydrogen-bond acceptors (Lipinski definition) is 5. The lowest BCUT2D eigenvalue weighted by Gasteiger charge is -2.38. The normalized spacial score (nSPS) is 29.8. The van der Waals surface area contributed by atoms with Crippen LogP contribution in [0.2, 0.25) is 5.02 Å². The fourth-order valence-electron chi connectivity index (χ4n) is 6.20. The number of rotatable bonds is 6. The molecule has 182 valence electrons. The van der Waals surface area contributed by atoms with Crippen molar-refractivity contribution in [3.63, 3.8) is 0 Å². The molecule has 1 amide bonds. The van der Waals surface area contributed by atoms with E-state index in [0.717, 1.165) is 29.8 Å². The Morgan fingerprint density at radius 3 is 2.80 bits per heavy atom. The van der Waals surface area contributed by atoms with Gasteiger partial charge in [0.05, 0.1) is 7.11 Å². The van der Waals surface area contributed by atoms with Gasteiger partial charge in [0.2, 0.25) is 5.91 Å². The molecule has 2 aromatic carbocycles. The Hall–Kier alpha value is -2.56. The second-order valence-electron chi connectivity index (χ2n) is 10.1. The van der Waals surface area contributed by atoms with Gasteiger partial charge in [-0.25, -0.2) is 0 Å². The number of likely N-dealkylation sites (tertiary alicyclic amines) is 1. The van der Waals surface area contributed by atoms with Crippen molar-refractivity contribution in [1.82, 2.24) is 4.90 Å². The second kappa shape index (κ2) is 8.53. The van der Waals surface area contributed by atoms with Gasteiger partial charge in [-0.2, -0.15) is 0 Å². The van der Waals surface area contributed by atoms with Crippen LogP contribution in [-0.2, 0) is 15.1 Å². The fraction of sp³-hybridized carbons (Fsp3) is 0.464. The zero-order chi connectivity index (χ0) is 24.3. The van der Waals surface area contributed by atoms with Gasteiger partial charge in [0.15, 0.2) is 6.29 Å². The number of carbonyl (C=O) groups excluding carboxylic acids is 1. The highest BCUT2D eigenvalue weighted by Crippen LogP contribution is 2.55. The van der Waals surface area contributed by atoms with Crippen molar-refractivity contribution in [2.24, 2.45) is 11.8 Å². The molecule has 2 N–H and O–H groups in total. The smallest absolute Gasteiger partial charge is 0.249 e. The van der Waals surface area contributed by atoms with E-state index in [2.05, 4.69) is 22.1 Å². The molecule has 35 heavy (non-hydrogen) atoms. The first-order valence-electron chi connectivity index (χ1n) is 12.2. The summed E-state index contributed by atoms with van der Waals surface area (Å²) in [5.74, 6) is 8.44. The van der Waals surface area contributed by atoms with Crippen LogP contribution in [0.1, 0.15) is 54.6 Å². The maximum Gasteiger partial charge on any atom is 0.249 e. The van der Waals surface area contributed by atoms with E-state index < -0.39 is 11.8 Å². The quantitative estimate of drug-likeness (QED) is 0.461. The third-order valence-corrected chi connectivity index (χ3v) is 8.38. The van der Waals surface area contributed by atoms with Crippen LogP contribution in [0, 0.1) is 23.7 Å². The largest absolute Gasteiger partial charge is 0.496 e. The molecule has 1 saturated heterocycles. The van der Waals surface area contributed by atoms with Gasteiger partial charge in [0, 0.05) is 53.4 Å². The predicted molar refractivity (Wildman–Crippen MR) is 133 cm³/mol. The van der Waals surface area contributed by atoms with E-state index in [1.165, 1.54) is 20.0 Å². The van der Waals surface area contributed by atoms with Gasteiger partial charge in [-0.05, 0) is 61.4 Å². The van der Waals surface area contributed by atoms with Gasteiger partial charge in [-0.3, -0.25) is 9.69 Å². The highest BCUT2D eigenvalue weighted by atomic mass is 35.5. The number of aliphatic hydroxyl groups is 1. The first kappa shape index (κ1) is 22.9. The van der Waals surface area contributed by atoms with Crippen molar-refractivity contribution in [1.29, 1.82) is 0 Å². The highest BCUT2D eigenvalue weighted by Gasteiger charge is 2.61. The van der Waals surface area contributed by atoms with Crippen LogP contribution >= 0.6 is 11.6 Å². The second-order valence-corrected chi connectivity index (χ2v) is 10.6. The van der Waals surface area contributed by atoms with E-state index in [-0.39, 0.29) is 23.8 Å². The molecule has 2 aliphatic carbocycles. The van der Waals surface area contributed by atoms with Crippen LogP contribution in [0.25, 0.3) is 0 Å². The molecule has 4 aliphatic rings. The Kier molecular flexibility index (Phi) is 5.58. The summed E-state index contributed by atoms with van der Waals surface area (Å²) in [7, 11) is 3.05. The Morgan fingerprint density at radius 1 is 1.23 bits per heavy atom. The molecule has 6 nitrogen and oxygen atoms in total. The van der Waals surface area contributed by atoms with Crippen LogP contribution in [0.3, 0.4) is 0 Å². The molecule has 7 heteroatoms. The van der Waals surface area contributed by atoms with Crippen LogP contribution in [-0.4, -0.2) is 42.7 Å². The summed E-state index contributed by atoms with van der Waals surface area (Å²) < 4.78 is 10.6. The Balaban J connectivity index is 1.35. The van der Waals surface area contributed by atoms with Gasteiger partial charge in [0.1, 0.15) is 11.3 Å². The summed E-state index contributed by atoms with van der Waals surface area (Å²) >= 11 is 6.25. The lowest BCUT2D eigenvalue weighted by atomic mass is 9.81. The lowest BCUT2D eigenvalue weighted by Crippen LogP contribution is -2.51. The van der Waals surface area contributed by atoms with Crippen molar-refractivity contribution in [2.75, 3.05) is 26.1 Å². The average molecular weight is 493 g/mol. The number of nitrogens with zero attached hydrogens (tertiary/aromatic N) is 1. The fourth-order valence-corrected chi connectivity index (χ4v) is 6.37. The summed E-state index contributed by atoms with van der Waals surface area (Å²) in [5, 5.41) is 13.9. The number of methoxy groups -OCH3 is 2. The molecule has 2 fully saturated rings. The Morgan fingerprint density at radius 2 is 2.06 bits per heavy atom. The molecule has 1 saturated carbocycles. The first-order chi connectivity index (χ1) is 16.9. The van der Waals surface area contributed by atoms with Gasteiger partial charge in [0.25, 0.3) is 0 Å². The number of hydrogen-bond donors (Lipinski definition) is 2. The molecular formula is C28H29ClN2O4. The van der Waals surface area contributed by atoms with Gasteiger partial charge in [-0.1, -0.05) is 35.6 Å². The van der Waals surface area contributed by atoms with Crippen LogP contribution in [0.4, 0.5) is 5.69 Å². The molecule has 0 aromatic heterocycles. The molecule has 2 aliphatic heterocycles. The lowest BCUT2D eigenvalue weighted by molar-refractivity contribution is -0.127. The van der Waals surface area contributed by atoms with Crippen molar-refractivity contribution < 1.29 is 19.4 Å². The predicted octanol–water partition coefficient (Wildman–Crippen LogP) is 4.42. The SMILES string of the molecule is COc1cc([C@H]2C#C[C@@H]3C[C@@]4(C(=O)Nc5cc(Cl)ccc54)N(CC4CC4)[C@@H]3C2)ccc1[C@@H](O)OC. The third-order valence-electron chi connectivity index (χ3n) is 8.14. The monoisotopic (exact) mass is 492 g/mol. The van der Waals surface area contributed by atoms with E-state index in [4.69, 9.17) is 21.1 Å². The number of amides is 1. The van der Waals surface area contributed by atoms with E-state index in [9.17, 15) is 9.90 Å². The first-order valence-corrected chi connectivity index (χ1v) is 12.6. The van der Waals surface area contributed by atoms with Gasteiger partial charge >= 0.3 is 0 Å². The molecule has 0 bridgehead atoms. The highest BCUT2D eigenvalue weighted by molar-refractivity contribution is 6.31. The third kappa shape index (κ3) is 3.65. The minimum atomic E-state index is -1.04. The number of carbonyl (C=O) groups is 1. The van der Waals surface area contributed by atoms with Crippen molar-refractivity contribution in [2.45, 2.75) is 49.5 Å². The molecule has 2 aromatic rings. The van der Waals surface area contributed by atoms with E-state index in [0.29, 0.717) is 28.7 Å². The zero-order valence-corrected chi connectivity index (χ0v) is 20.6. The number of halogens is 1. The standard InChI is InChI=1S/C28H29ClN2O4/c1-34-25-12-18(7-9-21(25)26(32)35-2)17-5-6-19-14-28(31(24(19)11-17)15-16-3-4-16)22-10-8-20(29)13-23(22)30-27(28)33/h7-10,12-13,16-17,19,24,26,32H,3-4,11,14-15H2,1-2H3,(H,30,33)/t17-,19+,24+,26-,28+/m0/s1. The molecule has 0 unspecified atom stereocenters. The number of nitrogens with one attached hydrogen (secondary N) is 1. The maximum atomic E-state index is 13.6. The zero-order valence-electron chi connectivity index (χ0n) is 19.9. The molecule has 1 spiro atoms. The number of aliphatic hydroxyl groups excluding tert-OH is 1. The Bertz CT molecular complexity index is 1250. The number of benzene rings is 2. The number of fused-ring (bicyclic) bond motifs is 3.